The Morgan fingerprint density at radius 3 is 1.88 bits per heavy atom. The average molecular weight is 225 g/mol. The summed E-state index contributed by atoms with van der Waals surface area (Å²) in [5.41, 5.74) is 0. The highest BCUT2D eigenvalue weighted by Crippen LogP contribution is 2.06. The molecule has 0 saturated carbocycles. The van der Waals surface area contributed by atoms with Crippen molar-refractivity contribution in [1.82, 2.24) is 15.1 Å². The van der Waals surface area contributed by atoms with Crippen LogP contribution in [0.15, 0.2) is 0 Å². The van der Waals surface area contributed by atoms with Gasteiger partial charge in [0.25, 0.3) is 0 Å². The second-order valence-electron chi connectivity index (χ2n) is 4.84. The molecule has 0 atom stereocenters. The van der Waals surface area contributed by atoms with Gasteiger partial charge < -0.3 is 5.32 Å². The van der Waals surface area contributed by atoms with Crippen LogP contribution in [0.4, 0.5) is 0 Å². The largest absolute Gasteiger partial charge is 0.356 e. The third-order valence-corrected chi connectivity index (χ3v) is 3.60. The molecule has 0 aromatic rings. The SMILES string of the molecule is C1CN2CCN1CC2.O=C1CCCCCN1. The lowest BCUT2D eigenvalue weighted by Gasteiger charge is -2.41. The second-order valence-corrected chi connectivity index (χ2v) is 4.84. The van der Waals surface area contributed by atoms with Gasteiger partial charge in [0.2, 0.25) is 5.91 Å². The van der Waals surface area contributed by atoms with E-state index in [9.17, 15) is 4.79 Å². The number of carbonyl (C=O) groups is 1. The van der Waals surface area contributed by atoms with Crippen LogP contribution in [0.5, 0.6) is 0 Å². The monoisotopic (exact) mass is 225 g/mol. The number of hydrogen-bond acceptors (Lipinski definition) is 3. The summed E-state index contributed by atoms with van der Waals surface area (Å²) in [4.78, 5) is 15.7. The Labute approximate surface area is 98.0 Å². The molecule has 4 heteroatoms. The summed E-state index contributed by atoms with van der Waals surface area (Å²) in [6.45, 7) is 8.80. The zero-order chi connectivity index (χ0) is 11.2. The number of piperazine rings is 3. The van der Waals surface area contributed by atoms with Crippen molar-refractivity contribution in [3.05, 3.63) is 0 Å². The molecule has 4 fully saturated rings. The zero-order valence-electron chi connectivity index (χ0n) is 10.1. The molecule has 4 aliphatic rings. The number of amides is 1. The van der Waals surface area contributed by atoms with Crippen LogP contribution < -0.4 is 5.32 Å². The summed E-state index contributed by atoms with van der Waals surface area (Å²) in [5, 5.41) is 2.81. The zero-order valence-corrected chi connectivity index (χ0v) is 10.1. The molecule has 4 nitrogen and oxygen atoms in total. The summed E-state index contributed by atoms with van der Waals surface area (Å²) in [5.74, 6) is 0.225. The number of rotatable bonds is 0. The highest BCUT2D eigenvalue weighted by atomic mass is 16.1. The summed E-state index contributed by atoms with van der Waals surface area (Å²) in [7, 11) is 0. The van der Waals surface area contributed by atoms with Crippen molar-refractivity contribution in [1.29, 1.82) is 0 Å². The van der Waals surface area contributed by atoms with Gasteiger partial charge in [-0.05, 0) is 12.8 Å². The first-order valence-corrected chi connectivity index (χ1v) is 6.56. The molecule has 4 saturated heterocycles. The third-order valence-electron chi connectivity index (χ3n) is 3.60. The maximum Gasteiger partial charge on any atom is 0.219 e. The topological polar surface area (TPSA) is 35.6 Å². The Kier molecular flexibility index (Phi) is 4.60. The van der Waals surface area contributed by atoms with Crippen molar-refractivity contribution in [3.63, 3.8) is 0 Å². The van der Waals surface area contributed by atoms with Crippen molar-refractivity contribution < 1.29 is 4.79 Å². The van der Waals surface area contributed by atoms with Gasteiger partial charge in [0.05, 0.1) is 0 Å². The summed E-state index contributed by atoms with van der Waals surface area (Å²) >= 11 is 0. The number of hydrogen-bond donors (Lipinski definition) is 1. The van der Waals surface area contributed by atoms with E-state index < -0.39 is 0 Å². The van der Waals surface area contributed by atoms with Gasteiger partial charge in [0.15, 0.2) is 0 Å². The van der Waals surface area contributed by atoms with Crippen LogP contribution in [0.2, 0.25) is 0 Å². The predicted molar refractivity (Wildman–Crippen MR) is 64.4 cm³/mol. The van der Waals surface area contributed by atoms with Gasteiger partial charge in [-0.2, -0.15) is 0 Å². The van der Waals surface area contributed by atoms with E-state index in [2.05, 4.69) is 15.1 Å². The van der Waals surface area contributed by atoms with Crippen LogP contribution in [-0.4, -0.2) is 61.5 Å². The second kappa shape index (κ2) is 6.21. The van der Waals surface area contributed by atoms with E-state index in [-0.39, 0.29) is 5.91 Å². The number of nitrogens with one attached hydrogen (secondary N) is 1. The predicted octanol–water partition coefficient (Wildman–Crippen LogP) is 0.294. The molecule has 0 spiro atoms. The minimum absolute atomic E-state index is 0.225. The van der Waals surface area contributed by atoms with Crippen molar-refractivity contribution in [2.75, 3.05) is 45.8 Å². The Bertz CT molecular complexity index is 191. The van der Waals surface area contributed by atoms with Gasteiger partial charge in [-0.1, -0.05) is 6.42 Å². The van der Waals surface area contributed by atoms with Crippen LogP contribution in [0.3, 0.4) is 0 Å². The first kappa shape index (κ1) is 11.9. The van der Waals surface area contributed by atoms with Crippen LogP contribution in [-0.2, 0) is 4.79 Å². The quantitative estimate of drug-likeness (QED) is 0.644. The molecule has 0 radical (unpaired) electrons. The highest BCUT2D eigenvalue weighted by molar-refractivity contribution is 5.75. The van der Waals surface area contributed by atoms with E-state index >= 15 is 0 Å². The molecule has 0 aliphatic carbocycles. The maximum atomic E-state index is 10.6. The van der Waals surface area contributed by atoms with Crippen LogP contribution in [0.25, 0.3) is 0 Å². The molecule has 0 aromatic carbocycles. The van der Waals surface area contributed by atoms with E-state index in [0.29, 0.717) is 0 Å². The normalized spacial score (nSPS) is 33.4. The molecule has 92 valence electrons. The van der Waals surface area contributed by atoms with Gasteiger partial charge in [0, 0.05) is 52.2 Å². The van der Waals surface area contributed by atoms with Gasteiger partial charge >= 0.3 is 0 Å². The minimum atomic E-state index is 0.225. The fourth-order valence-corrected chi connectivity index (χ4v) is 2.42. The number of nitrogens with zero attached hydrogens (tertiary/aromatic N) is 2. The first-order chi connectivity index (χ1) is 7.84. The van der Waals surface area contributed by atoms with E-state index in [1.807, 2.05) is 0 Å². The van der Waals surface area contributed by atoms with Crippen molar-refractivity contribution in [2.45, 2.75) is 25.7 Å². The highest BCUT2D eigenvalue weighted by Gasteiger charge is 2.21. The molecular formula is C12H23N3O. The molecule has 4 heterocycles. The Hall–Kier alpha value is -0.610. The average Bonchev–Trinajstić information content (AvgIpc) is 2.60. The lowest BCUT2D eigenvalue weighted by molar-refractivity contribution is -0.120. The van der Waals surface area contributed by atoms with Crippen LogP contribution in [0.1, 0.15) is 25.7 Å². The molecule has 2 bridgehead atoms. The maximum absolute atomic E-state index is 10.6. The molecule has 16 heavy (non-hydrogen) atoms. The van der Waals surface area contributed by atoms with Gasteiger partial charge in [-0.15, -0.1) is 0 Å². The van der Waals surface area contributed by atoms with Gasteiger partial charge in [-0.25, -0.2) is 0 Å². The molecule has 4 aliphatic heterocycles. The number of fused-ring (bicyclic) bond motifs is 3. The van der Waals surface area contributed by atoms with E-state index in [0.717, 1.165) is 25.8 Å². The van der Waals surface area contributed by atoms with E-state index in [1.165, 1.54) is 45.7 Å². The lowest BCUT2D eigenvalue weighted by atomic mass is 10.2. The Morgan fingerprint density at radius 2 is 1.38 bits per heavy atom. The molecule has 1 amide bonds. The molecule has 4 rings (SSSR count). The molecule has 1 N–H and O–H groups in total. The third kappa shape index (κ3) is 3.76. The summed E-state index contributed by atoms with van der Waals surface area (Å²) in [6.07, 6.45) is 4.18. The lowest BCUT2D eigenvalue weighted by Crippen LogP contribution is -2.55. The minimum Gasteiger partial charge on any atom is -0.356 e. The Balaban J connectivity index is 0.000000120. The van der Waals surface area contributed by atoms with Crippen molar-refractivity contribution in [2.24, 2.45) is 0 Å². The van der Waals surface area contributed by atoms with E-state index in [1.54, 1.807) is 0 Å². The Morgan fingerprint density at radius 1 is 0.812 bits per heavy atom. The number of carbonyl (C=O) groups excluding carboxylic acids is 1. The van der Waals surface area contributed by atoms with Gasteiger partial charge in [0.1, 0.15) is 0 Å². The summed E-state index contributed by atoms with van der Waals surface area (Å²) < 4.78 is 0. The van der Waals surface area contributed by atoms with Crippen molar-refractivity contribution in [3.8, 4) is 0 Å². The molecular weight excluding hydrogens is 202 g/mol. The van der Waals surface area contributed by atoms with Crippen LogP contribution >= 0.6 is 0 Å². The first-order valence-electron chi connectivity index (χ1n) is 6.56. The van der Waals surface area contributed by atoms with Gasteiger partial charge in [-0.3, -0.25) is 14.6 Å². The molecule has 0 aromatic heterocycles. The summed E-state index contributed by atoms with van der Waals surface area (Å²) in [6, 6.07) is 0. The van der Waals surface area contributed by atoms with Crippen LogP contribution in [0, 0.1) is 0 Å². The fraction of sp³-hybridized carbons (Fsp3) is 0.917. The van der Waals surface area contributed by atoms with Crippen molar-refractivity contribution >= 4 is 5.91 Å². The molecule has 0 unspecified atom stereocenters. The standard InChI is InChI=1S/C6H12N2.C6H11NO/c1-2-8-5-3-7(1)4-6-8;8-6-4-2-1-3-5-7-6/h1-6H2;1-5H2,(H,7,8). The fourth-order valence-electron chi connectivity index (χ4n) is 2.42. The van der Waals surface area contributed by atoms with E-state index in [4.69, 9.17) is 0 Å². The smallest absolute Gasteiger partial charge is 0.219 e.